The van der Waals surface area contributed by atoms with Crippen molar-refractivity contribution in [1.82, 2.24) is 10.2 Å². The van der Waals surface area contributed by atoms with Crippen LogP contribution in [0.15, 0.2) is 12.1 Å². The fourth-order valence-electron chi connectivity index (χ4n) is 2.71. The predicted molar refractivity (Wildman–Crippen MR) is 85.7 cm³/mol. The Hall–Kier alpha value is -1.99. The molecule has 1 heterocycles. The van der Waals surface area contributed by atoms with Crippen molar-refractivity contribution in [2.45, 2.75) is 6.04 Å². The Balaban J connectivity index is 2.24. The minimum absolute atomic E-state index is 0.0631. The van der Waals surface area contributed by atoms with Crippen LogP contribution >= 0.6 is 0 Å². The summed E-state index contributed by atoms with van der Waals surface area (Å²) in [5, 5.41) is 3.33. The third-order valence-corrected chi connectivity index (χ3v) is 3.82. The van der Waals surface area contributed by atoms with E-state index in [4.69, 9.17) is 18.9 Å². The lowest BCUT2D eigenvalue weighted by Crippen LogP contribution is -2.54. The number of carbonyl (C=O) groups excluding carboxylic acids is 1. The number of amides is 1. The summed E-state index contributed by atoms with van der Waals surface area (Å²) in [7, 11) is 6.26. The second-order valence-electron chi connectivity index (χ2n) is 5.27. The first kappa shape index (κ1) is 17.4. The van der Waals surface area contributed by atoms with Crippen LogP contribution in [0.3, 0.4) is 0 Å². The van der Waals surface area contributed by atoms with Crippen molar-refractivity contribution >= 4 is 5.91 Å². The summed E-state index contributed by atoms with van der Waals surface area (Å²) in [6.07, 6.45) is 0. The summed E-state index contributed by atoms with van der Waals surface area (Å²) >= 11 is 0. The lowest BCUT2D eigenvalue weighted by molar-refractivity contribution is 0.0641. The summed E-state index contributed by atoms with van der Waals surface area (Å²) in [4.78, 5) is 14.6. The lowest BCUT2D eigenvalue weighted by Gasteiger charge is -2.33. The van der Waals surface area contributed by atoms with E-state index in [9.17, 15) is 4.79 Å². The monoisotopic (exact) mass is 324 g/mol. The van der Waals surface area contributed by atoms with Gasteiger partial charge in [0, 0.05) is 38.3 Å². The van der Waals surface area contributed by atoms with Crippen LogP contribution in [0.5, 0.6) is 17.2 Å². The van der Waals surface area contributed by atoms with Gasteiger partial charge in [-0.2, -0.15) is 0 Å². The van der Waals surface area contributed by atoms with Gasteiger partial charge in [0.1, 0.15) is 0 Å². The molecule has 1 N–H and O–H groups in total. The quantitative estimate of drug-likeness (QED) is 0.834. The first-order valence-electron chi connectivity index (χ1n) is 7.46. The molecular weight excluding hydrogens is 300 g/mol. The van der Waals surface area contributed by atoms with Gasteiger partial charge in [0.15, 0.2) is 11.5 Å². The number of hydrogen-bond donors (Lipinski definition) is 1. The molecule has 0 aromatic heterocycles. The molecule has 1 amide bonds. The maximum absolute atomic E-state index is 12.8. The Morgan fingerprint density at radius 1 is 1.17 bits per heavy atom. The summed E-state index contributed by atoms with van der Waals surface area (Å²) < 4.78 is 21.1. The van der Waals surface area contributed by atoms with E-state index in [0.29, 0.717) is 42.5 Å². The van der Waals surface area contributed by atoms with Crippen LogP contribution in [-0.2, 0) is 4.74 Å². The van der Waals surface area contributed by atoms with Crippen molar-refractivity contribution in [2.75, 3.05) is 54.7 Å². The van der Waals surface area contributed by atoms with Crippen LogP contribution in [0, 0.1) is 0 Å². The SMILES string of the molecule is COCC1CN(C(=O)c2cc(OC)c(OC)c(OC)c2)CCN1. The molecule has 7 heteroatoms. The van der Waals surface area contributed by atoms with E-state index in [-0.39, 0.29) is 11.9 Å². The Bertz CT molecular complexity index is 522. The normalized spacial score (nSPS) is 17.7. The van der Waals surface area contributed by atoms with Gasteiger partial charge in [-0.15, -0.1) is 0 Å². The van der Waals surface area contributed by atoms with Crippen molar-refractivity contribution in [3.8, 4) is 17.2 Å². The lowest BCUT2D eigenvalue weighted by atomic mass is 10.1. The molecule has 0 spiro atoms. The zero-order valence-corrected chi connectivity index (χ0v) is 14.0. The van der Waals surface area contributed by atoms with Crippen molar-refractivity contribution in [1.29, 1.82) is 0 Å². The van der Waals surface area contributed by atoms with Gasteiger partial charge in [-0.3, -0.25) is 4.79 Å². The molecule has 0 bridgehead atoms. The molecule has 1 aromatic carbocycles. The minimum Gasteiger partial charge on any atom is -0.493 e. The Kier molecular flexibility index (Phi) is 6.06. The first-order valence-corrected chi connectivity index (χ1v) is 7.46. The highest BCUT2D eigenvalue weighted by Crippen LogP contribution is 2.38. The molecule has 1 unspecified atom stereocenters. The van der Waals surface area contributed by atoms with E-state index < -0.39 is 0 Å². The third kappa shape index (κ3) is 3.86. The van der Waals surface area contributed by atoms with E-state index in [1.165, 1.54) is 21.3 Å². The van der Waals surface area contributed by atoms with E-state index in [2.05, 4.69) is 5.32 Å². The number of nitrogens with zero attached hydrogens (tertiary/aromatic N) is 1. The maximum Gasteiger partial charge on any atom is 0.254 e. The van der Waals surface area contributed by atoms with Crippen LogP contribution in [0.4, 0.5) is 0 Å². The molecule has 1 atom stereocenters. The molecule has 1 aliphatic heterocycles. The molecule has 1 fully saturated rings. The number of methoxy groups -OCH3 is 4. The highest BCUT2D eigenvalue weighted by molar-refractivity contribution is 5.95. The molecule has 128 valence electrons. The van der Waals surface area contributed by atoms with Crippen LogP contribution in [-0.4, -0.2) is 71.5 Å². The van der Waals surface area contributed by atoms with E-state index in [1.54, 1.807) is 24.1 Å². The standard InChI is InChI=1S/C16H24N2O5/c1-20-10-12-9-18(6-5-17-12)16(19)11-7-13(21-2)15(23-4)14(8-11)22-3/h7-8,12,17H,5-6,9-10H2,1-4H3. The average molecular weight is 324 g/mol. The number of rotatable bonds is 6. The van der Waals surface area contributed by atoms with Crippen LogP contribution in [0.1, 0.15) is 10.4 Å². The number of hydrogen-bond acceptors (Lipinski definition) is 6. The number of carbonyl (C=O) groups is 1. The first-order chi connectivity index (χ1) is 11.1. The highest BCUT2D eigenvalue weighted by Gasteiger charge is 2.26. The van der Waals surface area contributed by atoms with E-state index in [0.717, 1.165) is 6.54 Å². The number of ether oxygens (including phenoxy) is 4. The molecule has 1 saturated heterocycles. The molecule has 23 heavy (non-hydrogen) atoms. The van der Waals surface area contributed by atoms with Gasteiger partial charge in [0.2, 0.25) is 5.75 Å². The summed E-state index contributed by atoms with van der Waals surface area (Å²) in [6.45, 7) is 2.56. The minimum atomic E-state index is -0.0631. The van der Waals surface area contributed by atoms with Crippen LogP contribution in [0.25, 0.3) is 0 Å². The molecular formula is C16H24N2O5. The van der Waals surface area contributed by atoms with Crippen molar-refractivity contribution in [2.24, 2.45) is 0 Å². The topological polar surface area (TPSA) is 69.3 Å². The highest BCUT2D eigenvalue weighted by atomic mass is 16.5. The van der Waals surface area contributed by atoms with Gasteiger partial charge in [-0.25, -0.2) is 0 Å². The molecule has 1 aromatic rings. The van der Waals surface area contributed by atoms with Gasteiger partial charge in [-0.05, 0) is 12.1 Å². The van der Waals surface area contributed by atoms with Crippen molar-refractivity contribution in [3.05, 3.63) is 17.7 Å². The summed E-state index contributed by atoms with van der Waals surface area (Å²) in [5.41, 5.74) is 0.512. The average Bonchev–Trinajstić information content (AvgIpc) is 2.60. The van der Waals surface area contributed by atoms with Gasteiger partial charge in [-0.1, -0.05) is 0 Å². The number of benzene rings is 1. The molecule has 7 nitrogen and oxygen atoms in total. The second kappa shape index (κ2) is 8.03. The van der Waals surface area contributed by atoms with Gasteiger partial charge >= 0.3 is 0 Å². The summed E-state index contributed by atoms with van der Waals surface area (Å²) in [5.74, 6) is 1.36. The van der Waals surface area contributed by atoms with Gasteiger partial charge in [0.25, 0.3) is 5.91 Å². The fourth-order valence-corrected chi connectivity index (χ4v) is 2.71. The van der Waals surface area contributed by atoms with Crippen LogP contribution < -0.4 is 19.5 Å². The molecule has 0 aliphatic carbocycles. The molecule has 0 radical (unpaired) electrons. The Morgan fingerprint density at radius 3 is 2.35 bits per heavy atom. The van der Waals surface area contributed by atoms with E-state index >= 15 is 0 Å². The fraction of sp³-hybridized carbons (Fsp3) is 0.562. The zero-order valence-electron chi connectivity index (χ0n) is 14.0. The van der Waals surface area contributed by atoms with Crippen molar-refractivity contribution in [3.63, 3.8) is 0 Å². The largest absolute Gasteiger partial charge is 0.493 e. The van der Waals surface area contributed by atoms with Gasteiger partial charge < -0.3 is 29.2 Å². The maximum atomic E-state index is 12.8. The van der Waals surface area contributed by atoms with Crippen LogP contribution in [0.2, 0.25) is 0 Å². The Labute approximate surface area is 136 Å². The third-order valence-electron chi connectivity index (χ3n) is 3.82. The summed E-state index contributed by atoms with van der Waals surface area (Å²) in [6, 6.07) is 3.49. The molecule has 0 saturated carbocycles. The smallest absolute Gasteiger partial charge is 0.254 e. The Morgan fingerprint density at radius 2 is 1.83 bits per heavy atom. The zero-order chi connectivity index (χ0) is 16.8. The van der Waals surface area contributed by atoms with E-state index in [1.807, 2.05) is 0 Å². The van der Waals surface area contributed by atoms with Gasteiger partial charge in [0.05, 0.1) is 27.9 Å². The second-order valence-corrected chi connectivity index (χ2v) is 5.27. The predicted octanol–water partition coefficient (Wildman–Crippen LogP) is 0.773. The number of nitrogens with one attached hydrogen (secondary N) is 1. The number of piperazine rings is 1. The van der Waals surface area contributed by atoms with Crippen molar-refractivity contribution < 1.29 is 23.7 Å². The molecule has 2 rings (SSSR count). The molecule has 1 aliphatic rings.